The molecule has 0 aliphatic heterocycles. The normalized spacial score (nSPS) is 21.4. The molecular weight excluding hydrogens is 321 g/mol. The molecule has 124 valence electrons. The summed E-state index contributed by atoms with van der Waals surface area (Å²) in [5.74, 6) is -1.12. The van der Waals surface area contributed by atoms with Gasteiger partial charge < -0.3 is 0 Å². The smallest absolute Gasteiger partial charge is 0.145 e. The lowest BCUT2D eigenvalue weighted by Gasteiger charge is -2.26. The van der Waals surface area contributed by atoms with E-state index in [1.807, 2.05) is 6.07 Å². The average Bonchev–Trinajstić information content (AvgIpc) is 2.53. The van der Waals surface area contributed by atoms with Crippen LogP contribution >= 0.6 is 11.6 Å². The maximum atomic E-state index is 14.5. The first-order valence-corrected chi connectivity index (χ1v) is 8.28. The van der Waals surface area contributed by atoms with Gasteiger partial charge in [0, 0.05) is 6.99 Å². The van der Waals surface area contributed by atoms with E-state index in [-0.39, 0.29) is 12.6 Å². The number of hydrogen-bond acceptors (Lipinski definition) is 0. The summed E-state index contributed by atoms with van der Waals surface area (Å²) in [6.07, 6.45) is 4.43. The van der Waals surface area contributed by atoms with E-state index in [4.69, 9.17) is 11.6 Å². The molecule has 0 spiro atoms. The molecule has 0 nitrogen and oxygen atoms in total. The van der Waals surface area contributed by atoms with E-state index in [1.165, 1.54) is 6.07 Å². The molecule has 4 heteroatoms. The summed E-state index contributed by atoms with van der Waals surface area (Å²) >= 11 is 5.47. The van der Waals surface area contributed by atoms with Crippen molar-refractivity contribution in [2.24, 2.45) is 5.92 Å². The summed E-state index contributed by atoms with van der Waals surface area (Å²) in [5.41, 5.74) is 1.31. The van der Waals surface area contributed by atoms with E-state index >= 15 is 0 Å². The molecule has 0 unspecified atom stereocenters. The molecule has 0 bridgehead atoms. The van der Waals surface area contributed by atoms with Crippen LogP contribution in [0.2, 0.25) is 5.02 Å². The first-order chi connectivity index (χ1) is 11.0. The van der Waals surface area contributed by atoms with Gasteiger partial charge in [-0.2, -0.15) is 0 Å². The highest BCUT2D eigenvalue weighted by atomic mass is 35.5. The summed E-state index contributed by atoms with van der Waals surface area (Å²) in [6, 6.07) is 7.09. The van der Waals surface area contributed by atoms with Crippen molar-refractivity contribution in [1.82, 2.24) is 0 Å². The molecule has 0 aromatic heterocycles. The number of benzene rings is 2. The lowest BCUT2D eigenvalue weighted by Crippen LogP contribution is -2.11. The Morgan fingerprint density at radius 1 is 0.913 bits per heavy atom. The molecular formula is C19H20ClF3. The van der Waals surface area contributed by atoms with Crippen LogP contribution in [0.5, 0.6) is 0 Å². The first kappa shape index (κ1) is 16.4. The van der Waals surface area contributed by atoms with Crippen LogP contribution in [-0.2, 0) is 0 Å². The van der Waals surface area contributed by atoms with Gasteiger partial charge in [-0.1, -0.05) is 43.5 Å². The molecule has 1 aliphatic carbocycles. The Balaban J connectivity index is 0.00000208. The molecule has 23 heavy (non-hydrogen) atoms. The Morgan fingerprint density at radius 2 is 1.52 bits per heavy atom. The maximum absolute atomic E-state index is 14.5. The predicted molar refractivity (Wildman–Crippen MR) is 89.2 cm³/mol. The number of hydrogen-bond donors (Lipinski definition) is 0. The van der Waals surface area contributed by atoms with E-state index in [2.05, 4.69) is 6.92 Å². The lowest BCUT2D eigenvalue weighted by molar-refractivity contribution is 0.347. The Kier molecular flexibility index (Phi) is 4.67. The summed E-state index contributed by atoms with van der Waals surface area (Å²) in [7, 11) is 0. The van der Waals surface area contributed by atoms with Crippen LogP contribution in [0, 0.1) is 23.4 Å². The molecule has 0 heterocycles. The minimum atomic E-state index is -0.883. The monoisotopic (exact) mass is 340 g/mol. The lowest BCUT2D eigenvalue weighted by atomic mass is 9.79. The SMILES string of the molecule is CC1CCC(c2ccc(-c3cc(F)c(Cl)c(F)c3)c(F)c2)CC1.[HH]. The molecule has 2 aromatic rings. The standard InChI is InChI=1S/C19H18ClF3.H2/c1-11-2-4-12(5-3-11)13-6-7-15(16(21)8-13)14-9-17(22)19(20)18(23)10-14;/h6-12H,2-5H2,1H3;1H. The fourth-order valence-electron chi connectivity index (χ4n) is 3.32. The van der Waals surface area contributed by atoms with Gasteiger partial charge in [0.1, 0.15) is 22.5 Å². The molecule has 0 amide bonds. The summed E-state index contributed by atoms with van der Waals surface area (Å²) in [5, 5.41) is -0.567. The quantitative estimate of drug-likeness (QED) is 0.518. The number of rotatable bonds is 2. The van der Waals surface area contributed by atoms with E-state index in [0.29, 0.717) is 5.92 Å². The van der Waals surface area contributed by atoms with Gasteiger partial charge in [0.2, 0.25) is 0 Å². The zero-order valence-electron chi connectivity index (χ0n) is 12.9. The molecule has 0 N–H and O–H groups in total. The van der Waals surface area contributed by atoms with Crippen molar-refractivity contribution < 1.29 is 14.6 Å². The molecule has 1 saturated carbocycles. The van der Waals surface area contributed by atoms with Crippen molar-refractivity contribution >= 4 is 11.6 Å². The third-order valence-corrected chi connectivity index (χ3v) is 5.14. The van der Waals surface area contributed by atoms with Gasteiger partial charge in [-0.25, -0.2) is 13.2 Å². The third-order valence-electron chi connectivity index (χ3n) is 4.78. The number of halogens is 4. The van der Waals surface area contributed by atoms with E-state index in [9.17, 15) is 13.2 Å². The van der Waals surface area contributed by atoms with Gasteiger partial charge >= 0.3 is 0 Å². The van der Waals surface area contributed by atoms with Gasteiger partial charge in [0.05, 0.1) is 0 Å². The largest absolute Gasteiger partial charge is 0.206 e. The van der Waals surface area contributed by atoms with Crippen LogP contribution in [0.4, 0.5) is 13.2 Å². The van der Waals surface area contributed by atoms with E-state index < -0.39 is 22.5 Å². The van der Waals surface area contributed by atoms with Crippen LogP contribution in [-0.4, -0.2) is 0 Å². The van der Waals surface area contributed by atoms with Gasteiger partial charge in [-0.15, -0.1) is 0 Å². The van der Waals surface area contributed by atoms with Crippen LogP contribution in [0.15, 0.2) is 30.3 Å². The fraction of sp³-hybridized carbons (Fsp3) is 0.368. The zero-order valence-corrected chi connectivity index (χ0v) is 13.6. The summed E-state index contributed by atoms with van der Waals surface area (Å²) in [4.78, 5) is 0. The summed E-state index contributed by atoms with van der Waals surface area (Å²) < 4.78 is 41.6. The zero-order chi connectivity index (χ0) is 16.6. The Hall–Kier alpha value is -1.48. The molecule has 1 aliphatic rings. The van der Waals surface area contributed by atoms with Crippen LogP contribution in [0.3, 0.4) is 0 Å². The second kappa shape index (κ2) is 6.56. The Morgan fingerprint density at radius 3 is 2.09 bits per heavy atom. The van der Waals surface area contributed by atoms with Crippen molar-refractivity contribution in [3.63, 3.8) is 0 Å². The molecule has 0 saturated heterocycles. The van der Waals surface area contributed by atoms with Crippen molar-refractivity contribution in [3.8, 4) is 11.1 Å². The van der Waals surface area contributed by atoms with Gasteiger partial charge in [0.25, 0.3) is 0 Å². The predicted octanol–water partition coefficient (Wildman–Crippen LogP) is 6.96. The van der Waals surface area contributed by atoms with Gasteiger partial charge in [0.15, 0.2) is 0 Å². The molecule has 0 atom stereocenters. The molecule has 0 radical (unpaired) electrons. The van der Waals surface area contributed by atoms with E-state index in [1.54, 1.807) is 6.07 Å². The Labute approximate surface area is 140 Å². The van der Waals surface area contributed by atoms with E-state index in [0.717, 1.165) is 49.3 Å². The summed E-state index contributed by atoms with van der Waals surface area (Å²) in [6.45, 7) is 2.24. The highest BCUT2D eigenvalue weighted by Crippen LogP contribution is 2.37. The second-order valence-electron chi connectivity index (χ2n) is 6.45. The van der Waals surface area contributed by atoms with Crippen LogP contribution < -0.4 is 0 Å². The highest BCUT2D eigenvalue weighted by molar-refractivity contribution is 6.31. The topological polar surface area (TPSA) is 0 Å². The first-order valence-electron chi connectivity index (χ1n) is 7.90. The minimum Gasteiger partial charge on any atom is -0.206 e. The minimum absolute atomic E-state index is 0. The Bertz CT molecular complexity index is 702. The van der Waals surface area contributed by atoms with Crippen molar-refractivity contribution in [2.45, 2.75) is 38.5 Å². The molecule has 2 aromatic carbocycles. The third kappa shape index (κ3) is 3.40. The average molecular weight is 341 g/mol. The molecule has 3 rings (SSSR count). The molecule has 1 fully saturated rings. The van der Waals surface area contributed by atoms with Crippen LogP contribution in [0.1, 0.15) is 45.5 Å². The van der Waals surface area contributed by atoms with Crippen molar-refractivity contribution in [1.29, 1.82) is 0 Å². The van der Waals surface area contributed by atoms with Gasteiger partial charge in [-0.05, 0) is 54.0 Å². The van der Waals surface area contributed by atoms with Crippen molar-refractivity contribution in [2.75, 3.05) is 0 Å². The fourth-order valence-corrected chi connectivity index (χ4v) is 3.43. The van der Waals surface area contributed by atoms with Crippen molar-refractivity contribution in [3.05, 3.63) is 58.4 Å². The van der Waals surface area contributed by atoms with Crippen LogP contribution in [0.25, 0.3) is 11.1 Å². The van der Waals surface area contributed by atoms with Gasteiger partial charge in [-0.3, -0.25) is 0 Å². The maximum Gasteiger partial charge on any atom is 0.145 e. The highest BCUT2D eigenvalue weighted by Gasteiger charge is 2.21. The second-order valence-corrected chi connectivity index (χ2v) is 6.83.